The summed E-state index contributed by atoms with van der Waals surface area (Å²) in [6.45, 7) is 14.9. The quantitative estimate of drug-likeness (QED) is 0.813. The van der Waals surface area contributed by atoms with Crippen molar-refractivity contribution in [3.8, 4) is 11.3 Å². The van der Waals surface area contributed by atoms with Gasteiger partial charge >= 0.3 is 0 Å². The minimum Gasteiger partial charge on any atom is -0.373 e. The van der Waals surface area contributed by atoms with Crippen molar-refractivity contribution in [1.82, 2.24) is 9.88 Å². The van der Waals surface area contributed by atoms with Gasteiger partial charge in [0.2, 0.25) is 0 Å². The number of pyridine rings is 1. The van der Waals surface area contributed by atoms with Crippen LogP contribution in [0.2, 0.25) is 0 Å². The maximum Gasteiger partial charge on any atom is 0.0753 e. The average Bonchev–Trinajstić information content (AvgIpc) is 2.67. The fourth-order valence-electron chi connectivity index (χ4n) is 4.34. The van der Waals surface area contributed by atoms with Crippen molar-refractivity contribution in [3.63, 3.8) is 0 Å². The Kier molecular flexibility index (Phi) is 6.54. The third-order valence-corrected chi connectivity index (χ3v) is 5.78. The molecule has 1 saturated heterocycles. The molecule has 152 valence electrons. The predicted molar refractivity (Wildman–Crippen MR) is 116 cm³/mol. The molecule has 28 heavy (non-hydrogen) atoms. The van der Waals surface area contributed by atoms with Crippen molar-refractivity contribution in [2.45, 2.75) is 66.2 Å². The zero-order valence-electron chi connectivity index (χ0n) is 18.1. The van der Waals surface area contributed by atoms with Crippen molar-refractivity contribution >= 4 is 0 Å². The van der Waals surface area contributed by atoms with Crippen LogP contribution in [0.3, 0.4) is 0 Å². The van der Waals surface area contributed by atoms with Gasteiger partial charge in [0.1, 0.15) is 0 Å². The normalized spacial score (nSPS) is 17.1. The van der Waals surface area contributed by atoms with E-state index in [2.05, 4.69) is 63.8 Å². The highest BCUT2D eigenvalue weighted by Crippen LogP contribution is 2.31. The standard InChI is InChI=1S/C24H35N3O/c1-6-18-9-8-10-19(7-2)23(18)22-13-20(14-25)21(17(3)26-22)15-27-11-12-28-24(4,5)16-27/h8-10,13H,6-7,11-12,14-16,25H2,1-5H3. The molecule has 0 amide bonds. The van der Waals surface area contributed by atoms with E-state index in [4.69, 9.17) is 15.5 Å². The number of rotatable bonds is 6. The Morgan fingerprint density at radius 1 is 1.14 bits per heavy atom. The molecule has 0 bridgehead atoms. The van der Waals surface area contributed by atoms with Gasteiger partial charge in [0, 0.05) is 37.4 Å². The number of hydrogen-bond donors (Lipinski definition) is 1. The molecule has 4 nitrogen and oxygen atoms in total. The molecule has 0 radical (unpaired) electrons. The van der Waals surface area contributed by atoms with E-state index in [1.54, 1.807) is 0 Å². The second-order valence-electron chi connectivity index (χ2n) is 8.41. The highest BCUT2D eigenvalue weighted by molar-refractivity contribution is 5.69. The van der Waals surface area contributed by atoms with Crippen LogP contribution in [0.15, 0.2) is 24.3 Å². The minimum atomic E-state index is -0.0987. The summed E-state index contributed by atoms with van der Waals surface area (Å²) in [5, 5.41) is 0. The number of benzene rings is 1. The molecule has 1 aromatic carbocycles. The molecule has 1 aromatic heterocycles. The van der Waals surface area contributed by atoms with Crippen LogP contribution < -0.4 is 5.73 Å². The second-order valence-corrected chi connectivity index (χ2v) is 8.41. The molecule has 2 heterocycles. The Morgan fingerprint density at radius 3 is 2.39 bits per heavy atom. The van der Waals surface area contributed by atoms with Gasteiger partial charge in [-0.1, -0.05) is 32.0 Å². The maximum absolute atomic E-state index is 6.20. The van der Waals surface area contributed by atoms with Gasteiger partial charge < -0.3 is 10.5 Å². The Morgan fingerprint density at radius 2 is 1.82 bits per heavy atom. The second kappa shape index (κ2) is 8.73. The van der Waals surface area contributed by atoms with Crippen LogP contribution in [0.5, 0.6) is 0 Å². The number of aromatic nitrogens is 1. The van der Waals surface area contributed by atoms with Crippen molar-refractivity contribution in [2.75, 3.05) is 19.7 Å². The summed E-state index contributed by atoms with van der Waals surface area (Å²) in [5.74, 6) is 0. The van der Waals surface area contributed by atoms with Gasteiger partial charge in [-0.15, -0.1) is 0 Å². The van der Waals surface area contributed by atoms with Crippen LogP contribution in [0.1, 0.15) is 55.6 Å². The van der Waals surface area contributed by atoms with E-state index >= 15 is 0 Å². The average molecular weight is 382 g/mol. The predicted octanol–water partition coefficient (Wildman–Crippen LogP) is 4.25. The Labute approximate surface area is 170 Å². The zero-order chi connectivity index (χ0) is 20.3. The molecule has 4 heteroatoms. The van der Waals surface area contributed by atoms with E-state index in [0.717, 1.165) is 50.5 Å². The summed E-state index contributed by atoms with van der Waals surface area (Å²) in [6.07, 6.45) is 2.01. The van der Waals surface area contributed by atoms with Crippen LogP contribution in [0.4, 0.5) is 0 Å². The van der Waals surface area contributed by atoms with Crippen LogP contribution in [-0.4, -0.2) is 35.2 Å². The van der Waals surface area contributed by atoms with Crippen molar-refractivity contribution in [3.05, 3.63) is 52.2 Å². The summed E-state index contributed by atoms with van der Waals surface area (Å²) >= 11 is 0. The summed E-state index contributed by atoms with van der Waals surface area (Å²) in [5.41, 5.74) is 14.8. The fourth-order valence-corrected chi connectivity index (χ4v) is 4.34. The fraction of sp³-hybridized carbons (Fsp3) is 0.542. The summed E-state index contributed by atoms with van der Waals surface area (Å²) in [7, 11) is 0. The maximum atomic E-state index is 6.20. The van der Waals surface area contributed by atoms with Crippen molar-refractivity contribution in [2.24, 2.45) is 5.73 Å². The van der Waals surface area contributed by atoms with Crippen LogP contribution in [-0.2, 0) is 30.7 Å². The Bertz CT molecular complexity index is 807. The molecule has 0 unspecified atom stereocenters. The van der Waals surface area contributed by atoms with Gasteiger partial charge in [-0.05, 0) is 61.9 Å². The lowest BCUT2D eigenvalue weighted by Gasteiger charge is -2.38. The Hall–Kier alpha value is -1.75. The lowest BCUT2D eigenvalue weighted by atomic mass is 9.92. The number of morpholine rings is 1. The smallest absolute Gasteiger partial charge is 0.0753 e. The van der Waals surface area contributed by atoms with Gasteiger partial charge in [-0.2, -0.15) is 0 Å². The first kappa shape index (κ1) is 21.0. The highest BCUT2D eigenvalue weighted by Gasteiger charge is 2.28. The number of nitrogens with zero attached hydrogens (tertiary/aromatic N) is 2. The van der Waals surface area contributed by atoms with E-state index in [0.29, 0.717) is 6.54 Å². The SMILES string of the molecule is CCc1cccc(CC)c1-c1cc(CN)c(CN2CCOC(C)(C)C2)c(C)n1. The number of nitrogens with two attached hydrogens (primary N) is 1. The van der Waals surface area contributed by atoms with E-state index in [1.165, 1.54) is 27.8 Å². The first-order valence-electron chi connectivity index (χ1n) is 10.6. The van der Waals surface area contributed by atoms with Gasteiger partial charge in [-0.3, -0.25) is 9.88 Å². The molecule has 3 rings (SSSR count). The molecule has 0 aliphatic carbocycles. The van der Waals surface area contributed by atoms with Gasteiger partial charge in [0.25, 0.3) is 0 Å². The van der Waals surface area contributed by atoms with Gasteiger partial charge in [0.05, 0.1) is 17.9 Å². The third-order valence-electron chi connectivity index (χ3n) is 5.78. The first-order valence-corrected chi connectivity index (χ1v) is 10.6. The number of hydrogen-bond acceptors (Lipinski definition) is 4. The lowest BCUT2D eigenvalue weighted by molar-refractivity contribution is -0.0883. The van der Waals surface area contributed by atoms with E-state index < -0.39 is 0 Å². The molecule has 1 aliphatic heterocycles. The van der Waals surface area contributed by atoms with Gasteiger partial charge in [0.15, 0.2) is 0 Å². The van der Waals surface area contributed by atoms with Crippen molar-refractivity contribution < 1.29 is 4.74 Å². The lowest BCUT2D eigenvalue weighted by Crippen LogP contribution is -2.47. The molecule has 2 N–H and O–H groups in total. The molecule has 0 spiro atoms. The summed E-state index contributed by atoms with van der Waals surface area (Å²) < 4.78 is 5.87. The summed E-state index contributed by atoms with van der Waals surface area (Å²) in [6, 6.07) is 8.82. The van der Waals surface area contributed by atoms with Crippen LogP contribution >= 0.6 is 0 Å². The van der Waals surface area contributed by atoms with Crippen LogP contribution in [0.25, 0.3) is 11.3 Å². The molecule has 0 saturated carbocycles. The minimum absolute atomic E-state index is 0.0987. The molecule has 1 fully saturated rings. The third kappa shape index (κ3) is 4.45. The van der Waals surface area contributed by atoms with Gasteiger partial charge in [-0.25, -0.2) is 0 Å². The van der Waals surface area contributed by atoms with E-state index in [1.807, 2.05) is 0 Å². The number of ether oxygens (including phenoxy) is 1. The molecular weight excluding hydrogens is 346 g/mol. The molecule has 2 aromatic rings. The number of aryl methyl sites for hydroxylation is 3. The van der Waals surface area contributed by atoms with E-state index in [-0.39, 0.29) is 5.60 Å². The monoisotopic (exact) mass is 381 g/mol. The molecule has 1 aliphatic rings. The topological polar surface area (TPSA) is 51.4 Å². The zero-order valence-corrected chi connectivity index (χ0v) is 18.1. The van der Waals surface area contributed by atoms with Crippen molar-refractivity contribution in [1.29, 1.82) is 0 Å². The largest absolute Gasteiger partial charge is 0.373 e. The Balaban J connectivity index is 1.99. The van der Waals surface area contributed by atoms with Crippen LogP contribution in [0, 0.1) is 6.92 Å². The van der Waals surface area contributed by atoms with E-state index in [9.17, 15) is 0 Å². The first-order chi connectivity index (χ1) is 13.4. The molecule has 0 atom stereocenters. The molecular formula is C24H35N3O. The summed E-state index contributed by atoms with van der Waals surface area (Å²) in [4.78, 5) is 7.52. The highest BCUT2D eigenvalue weighted by atomic mass is 16.5.